The minimum atomic E-state index is -0.158. The number of H-pyrrole nitrogens is 1. The third-order valence-corrected chi connectivity index (χ3v) is 5.32. The van der Waals surface area contributed by atoms with Crippen LogP contribution >= 0.6 is 15.9 Å². The molecule has 1 aromatic carbocycles. The number of hydrogen-bond donors (Lipinski definition) is 2. The smallest absolute Gasteiger partial charge is 0.193 e. The van der Waals surface area contributed by atoms with Gasteiger partial charge in [-0.25, -0.2) is 9.37 Å². The Balaban J connectivity index is 1.50. The van der Waals surface area contributed by atoms with E-state index in [1.54, 1.807) is 6.33 Å². The zero-order valence-electron chi connectivity index (χ0n) is 15.6. The molecule has 8 heteroatoms. The number of rotatable bonds is 6. The molecule has 0 aliphatic carbocycles. The highest BCUT2D eigenvalue weighted by Gasteiger charge is 2.24. The number of hydrogen-bond acceptors (Lipinski definition) is 3. The summed E-state index contributed by atoms with van der Waals surface area (Å²) in [6.07, 6.45) is 5.15. The molecule has 0 bridgehead atoms. The maximum absolute atomic E-state index is 13.9. The highest BCUT2D eigenvalue weighted by Crippen LogP contribution is 2.25. The van der Waals surface area contributed by atoms with Gasteiger partial charge in [0.2, 0.25) is 0 Å². The average Bonchev–Trinajstić information content (AvgIpc) is 3.21. The summed E-state index contributed by atoms with van der Waals surface area (Å²) >= 11 is 3.29. The number of nitrogens with one attached hydrogen (secondary N) is 2. The number of aromatic amines is 1. The number of aryl methyl sites for hydroxylation is 1. The summed E-state index contributed by atoms with van der Waals surface area (Å²) in [4.78, 5) is 11.3. The van der Waals surface area contributed by atoms with Crippen molar-refractivity contribution < 1.29 is 4.39 Å². The number of nitrogens with zero attached hydrogens (tertiary/aromatic N) is 4. The Morgan fingerprint density at radius 3 is 2.89 bits per heavy atom. The van der Waals surface area contributed by atoms with Crippen LogP contribution in [0.15, 0.2) is 34.0 Å². The van der Waals surface area contributed by atoms with E-state index in [0.29, 0.717) is 18.9 Å². The first-order valence-electron chi connectivity index (χ1n) is 9.49. The molecule has 146 valence electrons. The van der Waals surface area contributed by atoms with Crippen LogP contribution in [-0.2, 0) is 6.42 Å². The average molecular weight is 437 g/mol. The van der Waals surface area contributed by atoms with Crippen molar-refractivity contribution in [3.63, 3.8) is 0 Å². The normalized spacial score (nSPS) is 16.0. The number of piperidine rings is 1. The molecule has 1 fully saturated rings. The van der Waals surface area contributed by atoms with E-state index in [1.165, 1.54) is 6.07 Å². The summed E-state index contributed by atoms with van der Waals surface area (Å²) in [5.74, 6) is 2.21. The molecular weight excluding hydrogens is 411 g/mol. The van der Waals surface area contributed by atoms with E-state index in [-0.39, 0.29) is 5.82 Å². The van der Waals surface area contributed by atoms with E-state index in [4.69, 9.17) is 4.99 Å². The maximum Gasteiger partial charge on any atom is 0.193 e. The third kappa shape index (κ3) is 5.51. The van der Waals surface area contributed by atoms with E-state index in [0.717, 1.165) is 60.7 Å². The van der Waals surface area contributed by atoms with Crippen LogP contribution in [0, 0.1) is 5.82 Å². The van der Waals surface area contributed by atoms with Gasteiger partial charge in [0.25, 0.3) is 0 Å². The number of likely N-dealkylation sites (tertiary alicyclic amines) is 1. The van der Waals surface area contributed by atoms with Crippen LogP contribution in [0.4, 0.5) is 4.39 Å². The largest absolute Gasteiger partial charge is 0.357 e. The van der Waals surface area contributed by atoms with Gasteiger partial charge in [-0.15, -0.1) is 0 Å². The van der Waals surface area contributed by atoms with Gasteiger partial charge >= 0.3 is 0 Å². The van der Waals surface area contributed by atoms with Crippen LogP contribution in [0.2, 0.25) is 0 Å². The predicted molar refractivity (Wildman–Crippen MR) is 108 cm³/mol. The minimum absolute atomic E-state index is 0.158. The molecule has 0 amide bonds. The highest BCUT2D eigenvalue weighted by atomic mass is 79.9. The van der Waals surface area contributed by atoms with Crippen molar-refractivity contribution in [3.8, 4) is 0 Å². The summed E-state index contributed by atoms with van der Waals surface area (Å²) in [7, 11) is 0. The molecule has 6 nitrogen and oxygen atoms in total. The van der Waals surface area contributed by atoms with Crippen molar-refractivity contribution in [3.05, 3.63) is 46.2 Å². The molecular formula is C19H26BrFN6. The van der Waals surface area contributed by atoms with E-state index < -0.39 is 0 Å². The highest BCUT2D eigenvalue weighted by molar-refractivity contribution is 9.10. The lowest BCUT2D eigenvalue weighted by atomic mass is 9.96. The molecule has 3 rings (SSSR count). The quantitative estimate of drug-likeness (QED) is 0.413. The van der Waals surface area contributed by atoms with Crippen molar-refractivity contribution in [2.75, 3.05) is 26.2 Å². The first-order chi connectivity index (χ1) is 13.2. The van der Waals surface area contributed by atoms with Crippen LogP contribution in [0.25, 0.3) is 0 Å². The SMILES string of the molecule is CCNC(=NCCCc1ccc(Br)cc1F)N1CCC(c2ncn[nH]2)CC1. The van der Waals surface area contributed by atoms with Crippen molar-refractivity contribution in [2.45, 2.75) is 38.5 Å². The number of halogens is 2. The zero-order valence-corrected chi connectivity index (χ0v) is 17.2. The molecule has 0 saturated carbocycles. The van der Waals surface area contributed by atoms with E-state index >= 15 is 0 Å². The van der Waals surface area contributed by atoms with Gasteiger partial charge in [-0.1, -0.05) is 22.0 Å². The van der Waals surface area contributed by atoms with Crippen molar-refractivity contribution in [1.29, 1.82) is 0 Å². The lowest BCUT2D eigenvalue weighted by Crippen LogP contribution is -2.45. The van der Waals surface area contributed by atoms with Crippen LogP contribution in [0.1, 0.15) is 43.5 Å². The van der Waals surface area contributed by atoms with Gasteiger partial charge in [0, 0.05) is 36.6 Å². The Kier molecular flexibility index (Phi) is 7.20. The fraction of sp³-hybridized carbons (Fsp3) is 0.526. The fourth-order valence-electron chi connectivity index (χ4n) is 3.38. The zero-order chi connectivity index (χ0) is 19.1. The lowest BCUT2D eigenvalue weighted by molar-refractivity contribution is 0.299. The molecule has 0 spiro atoms. The van der Waals surface area contributed by atoms with Crippen molar-refractivity contribution in [2.24, 2.45) is 4.99 Å². The second kappa shape index (κ2) is 9.82. The van der Waals surface area contributed by atoms with Crippen LogP contribution in [0.5, 0.6) is 0 Å². The summed E-state index contributed by atoms with van der Waals surface area (Å²) < 4.78 is 14.7. The number of benzene rings is 1. The Bertz CT molecular complexity index is 741. The number of guanidine groups is 1. The van der Waals surface area contributed by atoms with Gasteiger partial charge in [-0.2, -0.15) is 5.10 Å². The Morgan fingerprint density at radius 2 is 2.22 bits per heavy atom. The van der Waals surface area contributed by atoms with Gasteiger partial charge in [0.1, 0.15) is 18.0 Å². The second-order valence-electron chi connectivity index (χ2n) is 6.71. The van der Waals surface area contributed by atoms with Crippen LogP contribution in [0.3, 0.4) is 0 Å². The minimum Gasteiger partial charge on any atom is -0.357 e. The Hall–Kier alpha value is -1.96. The van der Waals surface area contributed by atoms with Gasteiger partial charge < -0.3 is 10.2 Å². The number of aromatic nitrogens is 3. The molecule has 1 aliphatic heterocycles. The van der Waals surface area contributed by atoms with E-state index in [9.17, 15) is 4.39 Å². The Labute approximate surface area is 167 Å². The fourth-order valence-corrected chi connectivity index (χ4v) is 3.71. The van der Waals surface area contributed by atoms with E-state index in [1.807, 2.05) is 12.1 Å². The predicted octanol–water partition coefficient (Wildman–Crippen LogP) is 3.48. The lowest BCUT2D eigenvalue weighted by Gasteiger charge is -2.33. The Morgan fingerprint density at radius 1 is 1.41 bits per heavy atom. The van der Waals surface area contributed by atoms with Crippen molar-refractivity contribution in [1.82, 2.24) is 25.4 Å². The molecule has 27 heavy (non-hydrogen) atoms. The molecule has 1 saturated heterocycles. The molecule has 1 aliphatic rings. The monoisotopic (exact) mass is 436 g/mol. The summed E-state index contributed by atoms with van der Waals surface area (Å²) in [5, 5.41) is 10.3. The van der Waals surface area contributed by atoms with Gasteiger partial charge in [0.05, 0.1) is 0 Å². The molecule has 2 heterocycles. The summed E-state index contributed by atoms with van der Waals surface area (Å²) in [5.41, 5.74) is 0.742. The topological polar surface area (TPSA) is 69.2 Å². The van der Waals surface area contributed by atoms with Gasteiger partial charge in [0.15, 0.2) is 5.96 Å². The third-order valence-electron chi connectivity index (χ3n) is 4.83. The standard InChI is InChI=1S/C19H26BrFN6/c1-2-22-19(23-9-3-4-14-5-6-16(20)12-17(14)21)27-10-7-15(8-11-27)18-24-13-25-26-18/h5-6,12-13,15H,2-4,7-11H2,1H3,(H,22,23)(H,24,25,26). The van der Waals surface area contributed by atoms with Crippen molar-refractivity contribution >= 4 is 21.9 Å². The molecule has 2 aromatic rings. The molecule has 2 N–H and O–H groups in total. The van der Waals surface area contributed by atoms with E-state index in [2.05, 4.69) is 48.3 Å². The van der Waals surface area contributed by atoms with Crippen LogP contribution in [-0.4, -0.2) is 52.2 Å². The second-order valence-corrected chi connectivity index (χ2v) is 7.62. The molecule has 0 atom stereocenters. The first kappa shape index (κ1) is 19.8. The van der Waals surface area contributed by atoms with Gasteiger partial charge in [-0.05, 0) is 50.3 Å². The van der Waals surface area contributed by atoms with Gasteiger partial charge in [-0.3, -0.25) is 10.1 Å². The number of aliphatic imine (C=N–C) groups is 1. The summed E-state index contributed by atoms with van der Waals surface area (Å²) in [6.45, 7) is 5.48. The first-order valence-corrected chi connectivity index (χ1v) is 10.3. The summed E-state index contributed by atoms with van der Waals surface area (Å²) in [6, 6.07) is 5.23. The maximum atomic E-state index is 13.9. The molecule has 1 aromatic heterocycles. The van der Waals surface area contributed by atoms with Crippen LogP contribution < -0.4 is 5.32 Å². The molecule has 0 unspecified atom stereocenters. The molecule has 0 radical (unpaired) electrons.